The largest absolute Gasteiger partial charge is 0.493 e. The van der Waals surface area contributed by atoms with Gasteiger partial charge in [-0.2, -0.15) is 0 Å². The van der Waals surface area contributed by atoms with Crippen LogP contribution < -0.4 is 4.74 Å². The van der Waals surface area contributed by atoms with Crippen molar-refractivity contribution in [1.82, 2.24) is 4.90 Å². The summed E-state index contributed by atoms with van der Waals surface area (Å²) in [6, 6.07) is 28.4. The van der Waals surface area contributed by atoms with Gasteiger partial charge in [-0.25, -0.2) is 0 Å². The zero-order valence-electron chi connectivity index (χ0n) is 25.2. The van der Waals surface area contributed by atoms with Gasteiger partial charge in [0.1, 0.15) is 22.7 Å². The third kappa shape index (κ3) is 5.57. The van der Waals surface area contributed by atoms with Crippen molar-refractivity contribution in [1.29, 1.82) is 0 Å². The molecule has 1 aliphatic rings. The van der Waals surface area contributed by atoms with Gasteiger partial charge in [0.05, 0.1) is 12.2 Å². The molecule has 1 amide bonds. The molecular weight excluding hydrogens is 599 g/mol. The standard InChI is InChI=1S/C36H35Cl3N2O2/c1-7-43-31-22-26(34(2,3)4)14-21-30(31)32-40-35(5,24-10-17-28(38)18-11-24)36(6,25-12-19-29(39)20-13-25)41(32)33(42)23-8-15-27(37)16-9-23/h8-22H,7H2,1-6H3/t35-,36-/m0/s1. The number of ether oxygens (including phenoxy) is 1. The summed E-state index contributed by atoms with van der Waals surface area (Å²) < 4.78 is 6.24. The Morgan fingerprint density at radius 1 is 0.791 bits per heavy atom. The van der Waals surface area contributed by atoms with E-state index in [1.165, 1.54) is 0 Å². The van der Waals surface area contributed by atoms with E-state index in [1.54, 1.807) is 24.3 Å². The van der Waals surface area contributed by atoms with Gasteiger partial charge >= 0.3 is 0 Å². The van der Waals surface area contributed by atoms with Crippen molar-refractivity contribution in [3.05, 3.63) is 134 Å². The van der Waals surface area contributed by atoms with E-state index in [4.69, 9.17) is 44.5 Å². The van der Waals surface area contributed by atoms with E-state index in [9.17, 15) is 4.79 Å². The van der Waals surface area contributed by atoms with Crippen LogP contribution in [0.5, 0.6) is 5.75 Å². The predicted molar refractivity (Wildman–Crippen MR) is 178 cm³/mol. The molecule has 1 heterocycles. The summed E-state index contributed by atoms with van der Waals surface area (Å²) in [5, 5.41) is 1.77. The molecular formula is C36H35Cl3N2O2. The molecule has 0 bridgehead atoms. The number of hydrogen-bond donors (Lipinski definition) is 0. The Balaban J connectivity index is 1.85. The Bertz CT molecular complexity index is 1680. The van der Waals surface area contributed by atoms with Gasteiger partial charge in [-0.1, -0.05) is 85.9 Å². The highest BCUT2D eigenvalue weighted by Gasteiger charge is 2.59. The zero-order valence-corrected chi connectivity index (χ0v) is 27.5. The highest BCUT2D eigenvalue weighted by molar-refractivity contribution is 6.31. The molecule has 0 unspecified atom stereocenters. The van der Waals surface area contributed by atoms with Gasteiger partial charge < -0.3 is 4.74 Å². The lowest BCUT2D eigenvalue weighted by molar-refractivity contribution is 0.0616. The van der Waals surface area contributed by atoms with Crippen LogP contribution >= 0.6 is 34.8 Å². The maximum Gasteiger partial charge on any atom is 0.260 e. The summed E-state index contributed by atoms with van der Waals surface area (Å²) in [6.07, 6.45) is 0. The van der Waals surface area contributed by atoms with E-state index in [2.05, 4.69) is 46.8 Å². The summed E-state index contributed by atoms with van der Waals surface area (Å²) in [4.78, 5) is 22.1. The van der Waals surface area contributed by atoms with Crippen LogP contribution in [-0.4, -0.2) is 23.2 Å². The fourth-order valence-electron chi connectivity index (χ4n) is 5.75. The number of amidine groups is 1. The summed E-state index contributed by atoms with van der Waals surface area (Å²) >= 11 is 18.9. The molecule has 0 N–H and O–H groups in total. The van der Waals surface area contributed by atoms with Gasteiger partial charge in [-0.15, -0.1) is 0 Å². The third-order valence-corrected chi connectivity index (χ3v) is 9.19. The van der Waals surface area contributed by atoms with Crippen LogP contribution in [0.1, 0.15) is 74.2 Å². The van der Waals surface area contributed by atoms with E-state index in [1.807, 2.05) is 66.4 Å². The normalized spacial score (nSPS) is 20.2. The number of aliphatic imine (C=N–C) groups is 1. The molecule has 4 aromatic rings. The average Bonchev–Trinajstić information content (AvgIpc) is 3.21. The van der Waals surface area contributed by atoms with Gasteiger partial charge in [0, 0.05) is 20.6 Å². The first kappa shape index (κ1) is 31.1. The Morgan fingerprint density at radius 3 is 1.81 bits per heavy atom. The fourth-order valence-corrected chi connectivity index (χ4v) is 6.13. The van der Waals surface area contributed by atoms with Crippen molar-refractivity contribution in [3.8, 4) is 5.75 Å². The number of rotatable bonds is 6. The summed E-state index contributed by atoms with van der Waals surface area (Å²) in [6.45, 7) is 13.0. The second kappa shape index (κ2) is 11.6. The monoisotopic (exact) mass is 632 g/mol. The number of carbonyl (C=O) groups excluding carboxylic acids is 1. The minimum absolute atomic E-state index is 0.101. The first-order valence-electron chi connectivity index (χ1n) is 14.3. The molecule has 43 heavy (non-hydrogen) atoms. The van der Waals surface area contributed by atoms with Gasteiger partial charge in [0.15, 0.2) is 0 Å². The summed E-state index contributed by atoms with van der Waals surface area (Å²) in [5.41, 5.74) is 2.09. The zero-order chi connectivity index (χ0) is 31.2. The molecule has 0 fully saturated rings. The number of benzene rings is 4. The van der Waals surface area contributed by atoms with Crippen LogP contribution in [0.2, 0.25) is 15.1 Å². The van der Waals surface area contributed by atoms with E-state index in [-0.39, 0.29) is 11.3 Å². The predicted octanol–water partition coefficient (Wildman–Crippen LogP) is 10.1. The highest BCUT2D eigenvalue weighted by atomic mass is 35.5. The Labute approximate surface area is 269 Å². The maximum absolute atomic E-state index is 14.8. The van der Waals surface area contributed by atoms with Crippen molar-refractivity contribution >= 4 is 46.5 Å². The van der Waals surface area contributed by atoms with Crippen molar-refractivity contribution < 1.29 is 9.53 Å². The van der Waals surface area contributed by atoms with Crippen LogP contribution in [0.3, 0.4) is 0 Å². The molecule has 4 nitrogen and oxygen atoms in total. The number of hydrogen-bond acceptors (Lipinski definition) is 3. The molecule has 7 heteroatoms. The summed E-state index contributed by atoms with van der Waals surface area (Å²) in [7, 11) is 0. The van der Waals surface area contributed by atoms with Gasteiger partial charge in [-0.05, 0) is 104 Å². The Morgan fingerprint density at radius 2 is 1.30 bits per heavy atom. The maximum atomic E-state index is 14.8. The van der Waals surface area contributed by atoms with Crippen LogP contribution in [0.15, 0.2) is 96.0 Å². The smallest absolute Gasteiger partial charge is 0.260 e. The van der Waals surface area contributed by atoms with E-state index in [0.717, 1.165) is 22.3 Å². The molecule has 0 saturated carbocycles. The number of halogens is 3. The molecule has 0 radical (unpaired) electrons. The van der Waals surface area contributed by atoms with E-state index >= 15 is 0 Å². The quantitative estimate of drug-likeness (QED) is 0.212. The van der Waals surface area contributed by atoms with Crippen molar-refractivity contribution in [3.63, 3.8) is 0 Å². The SMILES string of the molecule is CCOc1cc(C(C)(C)C)ccc1C1=N[C@@](C)(c2ccc(Cl)cc2)[C@](C)(c2ccc(Cl)cc2)N1C(=O)c1ccc(Cl)cc1. The molecule has 4 aromatic carbocycles. The van der Waals surface area contributed by atoms with Gasteiger partial charge in [-0.3, -0.25) is 14.7 Å². The molecule has 5 rings (SSSR count). The van der Waals surface area contributed by atoms with Crippen molar-refractivity contribution in [2.75, 3.05) is 6.61 Å². The second-order valence-electron chi connectivity index (χ2n) is 12.1. The van der Waals surface area contributed by atoms with Gasteiger partial charge in [0.25, 0.3) is 5.91 Å². The van der Waals surface area contributed by atoms with Crippen LogP contribution in [0.4, 0.5) is 0 Å². The number of nitrogens with zero attached hydrogens (tertiary/aromatic N) is 2. The van der Waals surface area contributed by atoms with Crippen molar-refractivity contribution in [2.45, 2.75) is 58.0 Å². The molecule has 2 atom stereocenters. The second-order valence-corrected chi connectivity index (χ2v) is 13.4. The fraction of sp³-hybridized carbons (Fsp3) is 0.278. The molecule has 0 spiro atoms. The summed E-state index contributed by atoms with van der Waals surface area (Å²) in [5.74, 6) is 0.966. The first-order valence-corrected chi connectivity index (χ1v) is 15.4. The molecule has 222 valence electrons. The van der Waals surface area contributed by atoms with Crippen LogP contribution in [0.25, 0.3) is 0 Å². The van der Waals surface area contributed by atoms with Gasteiger partial charge in [0.2, 0.25) is 0 Å². The lowest BCUT2D eigenvalue weighted by Gasteiger charge is -2.45. The molecule has 1 aliphatic heterocycles. The highest BCUT2D eigenvalue weighted by Crippen LogP contribution is 2.54. The number of amides is 1. The topological polar surface area (TPSA) is 41.9 Å². The molecule has 0 saturated heterocycles. The Kier molecular flexibility index (Phi) is 8.43. The average molecular weight is 634 g/mol. The van der Waals surface area contributed by atoms with Crippen LogP contribution in [0, 0.1) is 0 Å². The molecule has 0 aliphatic carbocycles. The minimum atomic E-state index is -0.996. The van der Waals surface area contributed by atoms with Crippen LogP contribution in [-0.2, 0) is 16.5 Å². The van der Waals surface area contributed by atoms with E-state index in [0.29, 0.717) is 38.8 Å². The van der Waals surface area contributed by atoms with E-state index < -0.39 is 11.1 Å². The van der Waals surface area contributed by atoms with Crippen molar-refractivity contribution in [2.24, 2.45) is 4.99 Å². The number of carbonyl (C=O) groups is 1. The molecule has 0 aromatic heterocycles. The minimum Gasteiger partial charge on any atom is -0.493 e. The lowest BCUT2D eigenvalue weighted by atomic mass is 9.70. The first-order chi connectivity index (χ1) is 20.3. The lowest BCUT2D eigenvalue weighted by Crippen LogP contribution is -2.55. The third-order valence-electron chi connectivity index (χ3n) is 8.43. The Hall–Kier alpha value is -3.31.